The van der Waals surface area contributed by atoms with E-state index in [-0.39, 0.29) is 35.1 Å². The molecule has 0 amide bonds. The van der Waals surface area contributed by atoms with Crippen LogP contribution in [0.3, 0.4) is 0 Å². The number of benzene rings is 1. The lowest BCUT2D eigenvalue weighted by atomic mass is 9.96. The van der Waals surface area contributed by atoms with Crippen molar-refractivity contribution in [1.29, 1.82) is 0 Å². The fourth-order valence-corrected chi connectivity index (χ4v) is 4.50. The van der Waals surface area contributed by atoms with Crippen molar-refractivity contribution >= 4 is 40.0 Å². The van der Waals surface area contributed by atoms with Crippen molar-refractivity contribution in [1.82, 2.24) is 14.9 Å². The lowest BCUT2D eigenvalue weighted by Gasteiger charge is -2.19. The Morgan fingerprint density at radius 2 is 1.74 bits per heavy atom. The van der Waals surface area contributed by atoms with Crippen molar-refractivity contribution in [2.24, 2.45) is 4.99 Å². The molecule has 0 spiro atoms. The smallest absolute Gasteiger partial charge is 0.215 e. The van der Waals surface area contributed by atoms with E-state index in [9.17, 15) is 8.42 Å². The number of nitrogens with one attached hydrogen (secondary N) is 2. The first kappa shape index (κ1) is 24.2. The van der Waals surface area contributed by atoms with E-state index in [1.54, 1.807) is 0 Å². The van der Waals surface area contributed by atoms with E-state index in [1.165, 1.54) is 9.87 Å². The molecule has 6 nitrogen and oxygen atoms in total. The van der Waals surface area contributed by atoms with Gasteiger partial charge in [-0.25, -0.2) is 12.7 Å². The molecule has 154 valence electrons. The van der Waals surface area contributed by atoms with E-state index < -0.39 is 10.0 Å². The average molecular weight is 508 g/mol. The molecule has 0 bridgehead atoms. The predicted octanol–water partition coefficient (Wildman–Crippen LogP) is 2.56. The lowest BCUT2D eigenvalue weighted by molar-refractivity contribution is 0.445. The maximum absolute atomic E-state index is 12.3. The largest absolute Gasteiger partial charge is 0.357 e. The SMILES string of the molecule is CCNC(=NCC1(c2ccccc2)CC1)NCCS(=O)(=O)N(CC)CC.I. The Morgan fingerprint density at radius 1 is 1.11 bits per heavy atom. The van der Waals surface area contributed by atoms with Gasteiger partial charge in [-0.05, 0) is 25.3 Å². The zero-order chi connectivity index (χ0) is 19.0. The molecule has 0 heterocycles. The van der Waals surface area contributed by atoms with Crippen LogP contribution in [-0.4, -0.2) is 57.2 Å². The fraction of sp³-hybridized carbons (Fsp3) is 0.632. The molecular formula is C19H33IN4O2S. The van der Waals surface area contributed by atoms with Gasteiger partial charge < -0.3 is 10.6 Å². The van der Waals surface area contributed by atoms with E-state index in [0.29, 0.717) is 25.6 Å². The zero-order valence-electron chi connectivity index (χ0n) is 16.6. The third-order valence-corrected chi connectivity index (χ3v) is 6.90. The number of nitrogens with zero attached hydrogens (tertiary/aromatic N) is 2. The summed E-state index contributed by atoms with van der Waals surface area (Å²) in [6.07, 6.45) is 2.30. The molecule has 0 radical (unpaired) electrons. The Balaban J connectivity index is 0.00000364. The Morgan fingerprint density at radius 3 is 2.26 bits per heavy atom. The van der Waals surface area contributed by atoms with E-state index in [4.69, 9.17) is 4.99 Å². The Kier molecular flexibility index (Phi) is 10.0. The van der Waals surface area contributed by atoms with Crippen molar-refractivity contribution < 1.29 is 8.42 Å². The average Bonchev–Trinajstić information content (AvgIpc) is 3.42. The van der Waals surface area contributed by atoms with Crippen LogP contribution in [-0.2, 0) is 15.4 Å². The summed E-state index contributed by atoms with van der Waals surface area (Å²) in [5, 5.41) is 6.37. The van der Waals surface area contributed by atoms with Gasteiger partial charge in [0.05, 0.1) is 12.3 Å². The van der Waals surface area contributed by atoms with Crippen LogP contribution in [0.15, 0.2) is 35.3 Å². The molecule has 27 heavy (non-hydrogen) atoms. The topological polar surface area (TPSA) is 73.8 Å². The van der Waals surface area contributed by atoms with Gasteiger partial charge in [-0.3, -0.25) is 4.99 Å². The minimum absolute atomic E-state index is 0. The maximum Gasteiger partial charge on any atom is 0.215 e. The van der Waals surface area contributed by atoms with Gasteiger partial charge in [0, 0.05) is 31.6 Å². The number of hydrogen-bond acceptors (Lipinski definition) is 3. The molecule has 2 N–H and O–H groups in total. The van der Waals surface area contributed by atoms with Gasteiger partial charge >= 0.3 is 0 Å². The van der Waals surface area contributed by atoms with Gasteiger partial charge in [0.15, 0.2) is 5.96 Å². The lowest BCUT2D eigenvalue weighted by Crippen LogP contribution is -2.42. The van der Waals surface area contributed by atoms with Crippen molar-refractivity contribution in [3.63, 3.8) is 0 Å². The molecule has 0 atom stereocenters. The van der Waals surface area contributed by atoms with Gasteiger partial charge in [0.2, 0.25) is 10.0 Å². The molecular weight excluding hydrogens is 475 g/mol. The first-order valence-electron chi connectivity index (χ1n) is 9.53. The number of sulfonamides is 1. The van der Waals surface area contributed by atoms with Crippen LogP contribution in [0.1, 0.15) is 39.2 Å². The molecule has 1 aliphatic rings. The van der Waals surface area contributed by atoms with Crippen LogP contribution in [0, 0.1) is 0 Å². The highest BCUT2D eigenvalue weighted by Crippen LogP contribution is 2.48. The van der Waals surface area contributed by atoms with Crippen LogP contribution in [0.5, 0.6) is 0 Å². The molecule has 8 heteroatoms. The fourth-order valence-electron chi connectivity index (χ4n) is 3.10. The van der Waals surface area contributed by atoms with Crippen LogP contribution in [0.25, 0.3) is 0 Å². The van der Waals surface area contributed by atoms with Crippen LogP contribution < -0.4 is 10.6 Å². The minimum atomic E-state index is -3.22. The van der Waals surface area contributed by atoms with Crippen molar-refractivity contribution in [3.8, 4) is 0 Å². The predicted molar refractivity (Wildman–Crippen MR) is 123 cm³/mol. The molecule has 1 aliphatic carbocycles. The van der Waals surface area contributed by atoms with Crippen molar-refractivity contribution in [3.05, 3.63) is 35.9 Å². The summed E-state index contributed by atoms with van der Waals surface area (Å²) in [6, 6.07) is 10.5. The van der Waals surface area contributed by atoms with E-state index in [2.05, 4.69) is 34.9 Å². The standard InChI is InChI=1S/C19H32N4O2S.HI/c1-4-20-18(21-14-15-26(24,25)23(5-2)6-3)22-16-19(12-13-19)17-10-8-7-9-11-17;/h7-11H,4-6,12-16H2,1-3H3,(H2,20,21,22);1H. The molecule has 1 aromatic rings. The molecule has 1 saturated carbocycles. The second-order valence-corrected chi connectivity index (χ2v) is 8.76. The number of guanidine groups is 1. The van der Waals surface area contributed by atoms with Gasteiger partial charge in [-0.2, -0.15) is 0 Å². The summed E-state index contributed by atoms with van der Waals surface area (Å²) < 4.78 is 26.0. The highest BCUT2D eigenvalue weighted by atomic mass is 127. The van der Waals surface area contributed by atoms with E-state index in [0.717, 1.165) is 25.9 Å². The summed E-state index contributed by atoms with van der Waals surface area (Å²) in [6.45, 7) is 8.55. The summed E-state index contributed by atoms with van der Waals surface area (Å²) in [4.78, 5) is 4.71. The number of hydrogen-bond donors (Lipinski definition) is 2. The second-order valence-electron chi connectivity index (χ2n) is 6.67. The van der Waals surface area contributed by atoms with Gasteiger partial charge in [0.1, 0.15) is 0 Å². The van der Waals surface area contributed by atoms with E-state index in [1.807, 2.05) is 26.8 Å². The summed E-state index contributed by atoms with van der Waals surface area (Å²) in [5.41, 5.74) is 1.49. The molecule has 1 fully saturated rings. The molecule has 2 rings (SSSR count). The third-order valence-electron chi connectivity index (χ3n) is 4.88. The van der Waals surface area contributed by atoms with Gasteiger partial charge in [0.25, 0.3) is 0 Å². The molecule has 0 aliphatic heterocycles. The van der Waals surface area contributed by atoms with Gasteiger partial charge in [-0.1, -0.05) is 44.2 Å². The third kappa shape index (κ3) is 6.90. The highest BCUT2D eigenvalue weighted by molar-refractivity contribution is 14.0. The summed E-state index contributed by atoms with van der Waals surface area (Å²) in [7, 11) is -3.22. The molecule has 0 unspecified atom stereocenters. The minimum Gasteiger partial charge on any atom is -0.357 e. The molecule has 0 aromatic heterocycles. The Bertz CT molecular complexity index is 687. The normalized spacial score (nSPS) is 15.9. The maximum atomic E-state index is 12.3. The highest BCUT2D eigenvalue weighted by Gasteiger charge is 2.43. The molecule has 0 saturated heterocycles. The number of halogens is 1. The van der Waals surface area contributed by atoms with Crippen molar-refractivity contribution in [2.45, 2.75) is 39.0 Å². The first-order chi connectivity index (χ1) is 12.5. The van der Waals surface area contributed by atoms with Crippen LogP contribution >= 0.6 is 24.0 Å². The Hall–Kier alpha value is -0.870. The number of rotatable bonds is 10. The van der Waals surface area contributed by atoms with Gasteiger partial charge in [-0.15, -0.1) is 24.0 Å². The summed E-state index contributed by atoms with van der Waals surface area (Å²) >= 11 is 0. The van der Waals surface area contributed by atoms with Crippen LogP contribution in [0.2, 0.25) is 0 Å². The quantitative estimate of drug-likeness (QED) is 0.290. The Labute approximate surface area is 181 Å². The monoisotopic (exact) mass is 508 g/mol. The first-order valence-corrected chi connectivity index (χ1v) is 11.1. The number of aliphatic imine (C=N–C) groups is 1. The second kappa shape index (κ2) is 11.2. The van der Waals surface area contributed by atoms with Crippen LogP contribution in [0.4, 0.5) is 0 Å². The van der Waals surface area contributed by atoms with Crippen molar-refractivity contribution in [2.75, 3.05) is 38.5 Å². The van der Waals surface area contributed by atoms with E-state index >= 15 is 0 Å². The molecule has 1 aromatic carbocycles. The summed E-state index contributed by atoms with van der Waals surface area (Å²) in [5.74, 6) is 0.757. The zero-order valence-corrected chi connectivity index (χ0v) is 19.7.